The fourth-order valence-electron chi connectivity index (χ4n) is 2.06. The number of aliphatic carboxylic acids is 1. The fraction of sp³-hybridized carbons (Fsp3) is 0.235. The van der Waals surface area contributed by atoms with Crippen LogP contribution in [0.15, 0.2) is 48.5 Å². The molecule has 0 saturated carbocycles. The number of hydrogen-bond acceptors (Lipinski definition) is 1. The molecule has 0 aliphatic rings. The average Bonchev–Trinajstić information content (AvgIpc) is 2.46. The van der Waals surface area contributed by atoms with Gasteiger partial charge in [-0.15, -0.1) is 0 Å². The van der Waals surface area contributed by atoms with Crippen molar-refractivity contribution in [2.45, 2.75) is 25.4 Å². The quantitative estimate of drug-likeness (QED) is 0.889. The minimum atomic E-state index is -4.37. The molecule has 0 bridgehead atoms. The highest BCUT2D eigenvalue weighted by Gasteiger charge is 2.31. The van der Waals surface area contributed by atoms with E-state index in [-0.39, 0.29) is 0 Å². The van der Waals surface area contributed by atoms with Gasteiger partial charge in [0.05, 0.1) is 11.0 Å². The molecule has 2 aromatic rings. The van der Waals surface area contributed by atoms with Crippen LogP contribution < -0.4 is 0 Å². The van der Waals surface area contributed by atoms with Gasteiger partial charge in [0.15, 0.2) is 0 Å². The zero-order valence-corrected chi connectivity index (χ0v) is 12.1. The van der Waals surface area contributed by atoms with Crippen molar-refractivity contribution in [3.63, 3.8) is 0 Å². The number of carbonyl (C=O) groups is 1. The van der Waals surface area contributed by atoms with Gasteiger partial charge in [-0.2, -0.15) is 13.2 Å². The highest BCUT2D eigenvalue weighted by molar-refractivity contribution is 5.81. The van der Waals surface area contributed by atoms with Crippen LogP contribution in [0.5, 0.6) is 0 Å². The average molecular weight is 308 g/mol. The summed E-state index contributed by atoms with van der Waals surface area (Å²) in [4.78, 5) is 11.3. The Bertz CT molecular complexity index is 686. The summed E-state index contributed by atoms with van der Waals surface area (Å²) < 4.78 is 37.7. The molecule has 2 nitrogen and oxygen atoms in total. The van der Waals surface area contributed by atoms with Gasteiger partial charge in [0.25, 0.3) is 0 Å². The first kappa shape index (κ1) is 16.1. The summed E-state index contributed by atoms with van der Waals surface area (Å²) in [6.07, 6.45) is -4.37. The van der Waals surface area contributed by atoms with Crippen LogP contribution in [0, 0.1) is 0 Å². The van der Waals surface area contributed by atoms with E-state index in [1.54, 1.807) is 38.1 Å². The maximum atomic E-state index is 12.6. The van der Waals surface area contributed by atoms with Crippen molar-refractivity contribution in [1.29, 1.82) is 0 Å². The minimum absolute atomic E-state index is 0.595. The SMILES string of the molecule is CC(C)(C(=O)O)c1cccc(-c2ccc(C(F)(F)F)cc2)c1. The molecular weight excluding hydrogens is 293 g/mol. The monoisotopic (exact) mass is 308 g/mol. The molecule has 116 valence electrons. The van der Waals surface area contributed by atoms with Gasteiger partial charge in [0, 0.05) is 0 Å². The molecule has 0 heterocycles. The lowest BCUT2D eigenvalue weighted by molar-refractivity contribution is -0.142. The van der Waals surface area contributed by atoms with Crippen LogP contribution in [0.1, 0.15) is 25.0 Å². The maximum absolute atomic E-state index is 12.6. The Labute approximate surface area is 126 Å². The first-order valence-electron chi connectivity index (χ1n) is 6.64. The summed E-state index contributed by atoms with van der Waals surface area (Å²) in [7, 11) is 0. The summed E-state index contributed by atoms with van der Waals surface area (Å²) in [5, 5.41) is 9.26. The van der Waals surface area contributed by atoms with Gasteiger partial charge in [0.2, 0.25) is 0 Å². The molecule has 0 spiro atoms. The summed E-state index contributed by atoms with van der Waals surface area (Å²) in [6.45, 7) is 3.17. The Morgan fingerprint density at radius 1 is 0.909 bits per heavy atom. The van der Waals surface area contributed by atoms with Crippen LogP contribution in [0.4, 0.5) is 13.2 Å². The van der Waals surface area contributed by atoms with Crippen molar-refractivity contribution in [1.82, 2.24) is 0 Å². The van der Waals surface area contributed by atoms with E-state index in [4.69, 9.17) is 0 Å². The maximum Gasteiger partial charge on any atom is 0.416 e. The van der Waals surface area contributed by atoms with Gasteiger partial charge in [-0.1, -0.05) is 36.4 Å². The van der Waals surface area contributed by atoms with E-state index in [0.717, 1.165) is 12.1 Å². The normalized spacial score (nSPS) is 12.2. The molecule has 2 aromatic carbocycles. The van der Waals surface area contributed by atoms with Gasteiger partial charge < -0.3 is 5.11 Å². The van der Waals surface area contributed by atoms with Gasteiger partial charge in [-0.25, -0.2) is 0 Å². The molecule has 0 radical (unpaired) electrons. The molecular formula is C17H15F3O2. The Hall–Kier alpha value is -2.30. The fourth-order valence-corrected chi connectivity index (χ4v) is 2.06. The van der Waals surface area contributed by atoms with E-state index in [2.05, 4.69) is 0 Å². The van der Waals surface area contributed by atoms with Crippen LogP contribution in [-0.4, -0.2) is 11.1 Å². The van der Waals surface area contributed by atoms with E-state index in [1.165, 1.54) is 12.1 Å². The molecule has 2 rings (SSSR count). The van der Waals surface area contributed by atoms with Crippen molar-refractivity contribution >= 4 is 5.97 Å². The zero-order valence-electron chi connectivity index (χ0n) is 12.1. The molecule has 0 fully saturated rings. The molecule has 0 atom stereocenters. The van der Waals surface area contributed by atoms with Crippen LogP contribution in [0.25, 0.3) is 11.1 Å². The largest absolute Gasteiger partial charge is 0.481 e. The number of alkyl halides is 3. The van der Waals surface area contributed by atoms with Crippen LogP contribution in [0.2, 0.25) is 0 Å². The number of carboxylic acids is 1. The molecule has 0 aromatic heterocycles. The van der Waals surface area contributed by atoms with E-state index < -0.39 is 23.1 Å². The third-order valence-electron chi connectivity index (χ3n) is 3.66. The van der Waals surface area contributed by atoms with E-state index in [9.17, 15) is 23.1 Å². The summed E-state index contributed by atoms with van der Waals surface area (Å²) >= 11 is 0. The number of halogens is 3. The lowest BCUT2D eigenvalue weighted by Gasteiger charge is -2.20. The smallest absolute Gasteiger partial charge is 0.416 e. The zero-order chi connectivity index (χ0) is 16.5. The van der Waals surface area contributed by atoms with Gasteiger partial charge in [0.1, 0.15) is 0 Å². The Morgan fingerprint density at radius 3 is 2.00 bits per heavy atom. The Morgan fingerprint density at radius 2 is 1.50 bits per heavy atom. The Balaban J connectivity index is 2.40. The highest BCUT2D eigenvalue weighted by atomic mass is 19.4. The van der Waals surface area contributed by atoms with Gasteiger partial charge >= 0.3 is 12.1 Å². The van der Waals surface area contributed by atoms with Crippen LogP contribution in [0.3, 0.4) is 0 Å². The molecule has 5 heteroatoms. The number of carboxylic acid groups (broad SMARTS) is 1. The standard InChI is InChI=1S/C17H15F3O2/c1-16(2,15(21)22)14-5-3-4-12(10-14)11-6-8-13(9-7-11)17(18,19)20/h3-10H,1-2H3,(H,21,22). The Kier molecular flexibility index (Phi) is 4.00. The van der Waals surface area contributed by atoms with Crippen molar-refractivity contribution < 1.29 is 23.1 Å². The number of hydrogen-bond donors (Lipinski definition) is 1. The summed E-state index contributed by atoms with van der Waals surface area (Å²) in [5.74, 6) is -0.961. The van der Waals surface area contributed by atoms with Crippen molar-refractivity contribution in [3.05, 3.63) is 59.7 Å². The molecule has 1 N–H and O–H groups in total. The number of benzene rings is 2. The van der Waals surface area contributed by atoms with Gasteiger partial charge in [-0.05, 0) is 42.7 Å². The second-order valence-corrected chi connectivity index (χ2v) is 5.59. The second kappa shape index (κ2) is 5.48. The van der Waals surface area contributed by atoms with Crippen molar-refractivity contribution in [3.8, 4) is 11.1 Å². The van der Waals surface area contributed by atoms with E-state index >= 15 is 0 Å². The third-order valence-corrected chi connectivity index (χ3v) is 3.66. The first-order chi connectivity index (χ1) is 10.1. The number of rotatable bonds is 3. The molecule has 22 heavy (non-hydrogen) atoms. The molecule has 0 aliphatic heterocycles. The molecule has 0 saturated heterocycles. The lowest BCUT2D eigenvalue weighted by atomic mass is 9.83. The first-order valence-corrected chi connectivity index (χ1v) is 6.64. The van der Waals surface area contributed by atoms with E-state index in [1.807, 2.05) is 0 Å². The predicted molar refractivity (Wildman–Crippen MR) is 77.5 cm³/mol. The van der Waals surface area contributed by atoms with Crippen LogP contribution in [-0.2, 0) is 16.4 Å². The summed E-state index contributed by atoms with van der Waals surface area (Å²) in [5.41, 5.74) is 0.106. The summed E-state index contributed by atoms with van der Waals surface area (Å²) in [6, 6.07) is 11.6. The lowest BCUT2D eigenvalue weighted by Crippen LogP contribution is -2.28. The van der Waals surface area contributed by atoms with Crippen molar-refractivity contribution in [2.75, 3.05) is 0 Å². The third kappa shape index (κ3) is 3.13. The minimum Gasteiger partial charge on any atom is -0.481 e. The molecule has 0 amide bonds. The van der Waals surface area contributed by atoms with E-state index in [0.29, 0.717) is 16.7 Å². The van der Waals surface area contributed by atoms with Crippen molar-refractivity contribution in [2.24, 2.45) is 0 Å². The van der Waals surface area contributed by atoms with Crippen LogP contribution >= 0.6 is 0 Å². The highest BCUT2D eigenvalue weighted by Crippen LogP contribution is 2.32. The molecule has 0 unspecified atom stereocenters. The second-order valence-electron chi connectivity index (χ2n) is 5.59. The van der Waals surface area contributed by atoms with Gasteiger partial charge in [-0.3, -0.25) is 4.79 Å². The predicted octanol–water partition coefficient (Wildman–Crippen LogP) is 4.73. The molecule has 0 aliphatic carbocycles. The topological polar surface area (TPSA) is 37.3 Å².